The van der Waals surface area contributed by atoms with Gasteiger partial charge in [0.1, 0.15) is 0 Å². The fourth-order valence-electron chi connectivity index (χ4n) is 2.54. The molecule has 0 saturated carbocycles. The summed E-state index contributed by atoms with van der Waals surface area (Å²) in [5, 5.41) is 8.93. The van der Waals surface area contributed by atoms with Crippen LogP contribution in [0.4, 0.5) is 0 Å². The van der Waals surface area contributed by atoms with Gasteiger partial charge in [-0.05, 0) is 42.7 Å². The molecule has 0 aromatic heterocycles. The predicted octanol–water partition coefficient (Wildman–Crippen LogP) is 2.06. The van der Waals surface area contributed by atoms with Crippen LogP contribution in [0, 0.1) is 18.3 Å². The molecule has 0 aliphatic carbocycles. The molecule has 0 aliphatic heterocycles. The van der Waals surface area contributed by atoms with Gasteiger partial charge in [0.05, 0.1) is 16.5 Å². The third kappa shape index (κ3) is 4.20. The van der Waals surface area contributed by atoms with Gasteiger partial charge in [-0.2, -0.15) is 9.57 Å². The van der Waals surface area contributed by atoms with Crippen LogP contribution in [-0.2, 0) is 16.4 Å². The molecule has 2 N–H and O–H groups in total. The molecule has 0 amide bonds. The number of aryl methyl sites for hydroxylation is 1. The number of hydrogen-bond donors (Lipinski definition) is 1. The maximum atomic E-state index is 13.0. The lowest BCUT2D eigenvalue weighted by Gasteiger charge is -2.22. The van der Waals surface area contributed by atoms with Crippen LogP contribution in [0.5, 0.6) is 0 Å². The summed E-state index contributed by atoms with van der Waals surface area (Å²) in [6, 6.07) is 16.4. The van der Waals surface area contributed by atoms with Crippen LogP contribution in [0.2, 0.25) is 0 Å². The second-order valence-corrected chi connectivity index (χ2v) is 7.43. The average Bonchev–Trinajstić information content (AvgIpc) is 2.58. The predicted molar refractivity (Wildman–Crippen MR) is 93.9 cm³/mol. The van der Waals surface area contributed by atoms with E-state index in [2.05, 4.69) is 0 Å². The molecule has 5 nitrogen and oxygen atoms in total. The second-order valence-electron chi connectivity index (χ2n) is 5.52. The monoisotopic (exact) mass is 343 g/mol. The number of nitrogens with two attached hydrogens (primary N) is 1. The molecule has 0 saturated heterocycles. The van der Waals surface area contributed by atoms with Gasteiger partial charge in [0.2, 0.25) is 10.0 Å². The van der Waals surface area contributed by atoms with Gasteiger partial charge in [0, 0.05) is 19.6 Å². The lowest BCUT2D eigenvalue weighted by atomic mass is 10.1. The van der Waals surface area contributed by atoms with Gasteiger partial charge in [0.15, 0.2) is 0 Å². The van der Waals surface area contributed by atoms with Gasteiger partial charge >= 0.3 is 0 Å². The molecule has 0 unspecified atom stereocenters. The Morgan fingerprint density at radius 2 is 1.83 bits per heavy atom. The Labute approximate surface area is 143 Å². The van der Waals surface area contributed by atoms with Gasteiger partial charge in [0.25, 0.3) is 0 Å². The van der Waals surface area contributed by atoms with Crippen molar-refractivity contribution in [2.75, 3.05) is 19.6 Å². The molecule has 0 aliphatic rings. The van der Waals surface area contributed by atoms with Crippen molar-refractivity contribution in [3.63, 3.8) is 0 Å². The molecule has 0 bridgehead atoms. The molecule has 24 heavy (non-hydrogen) atoms. The smallest absolute Gasteiger partial charge is 0.243 e. The van der Waals surface area contributed by atoms with Crippen LogP contribution < -0.4 is 5.73 Å². The highest BCUT2D eigenvalue weighted by Crippen LogP contribution is 2.21. The number of nitrogens with zero attached hydrogens (tertiary/aromatic N) is 2. The normalized spacial score (nSPS) is 11.4. The van der Waals surface area contributed by atoms with Crippen molar-refractivity contribution in [1.82, 2.24) is 4.31 Å². The highest BCUT2D eigenvalue weighted by Gasteiger charge is 2.25. The number of benzene rings is 2. The molecule has 2 aromatic carbocycles. The SMILES string of the molecule is Cc1cc(C#N)ccc1S(=O)(=O)N(CCN)CCc1ccccc1. The molecule has 0 radical (unpaired) electrons. The first kappa shape index (κ1) is 18.1. The minimum atomic E-state index is -3.65. The third-order valence-electron chi connectivity index (χ3n) is 3.79. The minimum Gasteiger partial charge on any atom is -0.329 e. The largest absolute Gasteiger partial charge is 0.329 e. The van der Waals surface area contributed by atoms with E-state index in [-0.39, 0.29) is 18.0 Å². The van der Waals surface area contributed by atoms with E-state index in [9.17, 15) is 8.42 Å². The van der Waals surface area contributed by atoms with Crippen LogP contribution in [0.15, 0.2) is 53.4 Å². The van der Waals surface area contributed by atoms with Gasteiger partial charge in [-0.15, -0.1) is 0 Å². The minimum absolute atomic E-state index is 0.225. The zero-order chi connectivity index (χ0) is 17.6. The topological polar surface area (TPSA) is 87.2 Å². The lowest BCUT2D eigenvalue weighted by Crippen LogP contribution is -2.37. The van der Waals surface area contributed by atoms with E-state index in [4.69, 9.17) is 11.0 Å². The van der Waals surface area contributed by atoms with E-state index in [0.29, 0.717) is 24.1 Å². The molecule has 6 heteroatoms. The molecule has 0 spiro atoms. The molecule has 2 aromatic rings. The van der Waals surface area contributed by atoms with E-state index >= 15 is 0 Å². The Kier molecular flexibility index (Phi) is 6.10. The maximum absolute atomic E-state index is 13.0. The fraction of sp³-hybridized carbons (Fsp3) is 0.278. The Balaban J connectivity index is 2.26. The van der Waals surface area contributed by atoms with Crippen LogP contribution in [0.1, 0.15) is 16.7 Å². The number of rotatable bonds is 7. The van der Waals surface area contributed by atoms with Crippen LogP contribution >= 0.6 is 0 Å². The summed E-state index contributed by atoms with van der Waals surface area (Å²) in [4.78, 5) is 0.225. The van der Waals surface area contributed by atoms with Crippen molar-refractivity contribution in [2.45, 2.75) is 18.2 Å². The van der Waals surface area contributed by atoms with Gasteiger partial charge < -0.3 is 5.73 Å². The fourth-order valence-corrected chi connectivity index (χ4v) is 4.20. The first-order chi connectivity index (χ1) is 11.5. The summed E-state index contributed by atoms with van der Waals surface area (Å²) < 4.78 is 27.3. The molecule has 0 atom stereocenters. The van der Waals surface area contributed by atoms with Crippen LogP contribution in [0.3, 0.4) is 0 Å². The second kappa shape index (κ2) is 8.06. The molecule has 2 rings (SSSR count). The zero-order valence-electron chi connectivity index (χ0n) is 13.6. The standard InChI is InChI=1S/C18H21N3O2S/c1-15-13-17(14-20)7-8-18(15)24(22,23)21(12-10-19)11-9-16-5-3-2-4-6-16/h2-8,13H,9-12,19H2,1H3. The van der Waals surface area contributed by atoms with E-state index in [1.54, 1.807) is 13.0 Å². The van der Waals surface area contributed by atoms with Gasteiger partial charge in [-0.1, -0.05) is 30.3 Å². The summed E-state index contributed by atoms with van der Waals surface area (Å²) in [6.45, 7) is 2.58. The average molecular weight is 343 g/mol. The maximum Gasteiger partial charge on any atom is 0.243 e. The molecular weight excluding hydrogens is 322 g/mol. The Morgan fingerprint density at radius 3 is 2.42 bits per heavy atom. The quantitative estimate of drug-likeness (QED) is 0.833. The summed E-state index contributed by atoms with van der Waals surface area (Å²) in [7, 11) is -3.65. The summed E-state index contributed by atoms with van der Waals surface area (Å²) in [5.41, 5.74) is 7.69. The van der Waals surface area contributed by atoms with Crippen molar-refractivity contribution in [3.8, 4) is 6.07 Å². The zero-order valence-corrected chi connectivity index (χ0v) is 14.5. The number of nitriles is 1. The van der Waals surface area contributed by atoms with Crippen molar-refractivity contribution < 1.29 is 8.42 Å². The highest BCUT2D eigenvalue weighted by molar-refractivity contribution is 7.89. The van der Waals surface area contributed by atoms with Crippen molar-refractivity contribution in [3.05, 3.63) is 65.2 Å². The van der Waals surface area contributed by atoms with Crippen LogP contribution in [0.25, 0.3) is 0 Å². The Hall–Kier alpha value is -2.20. The molecule has 0 heterocycles. The lowest BCUT2D eigenvalue weighted by molar-refractivity contribution is 0.421. The summed E-state index contributed by atoms with van der Waals surface area (Å²) in [5.74, 6) is 0. The number of hydrogen-bond acceptors (Lipinski definition) is 4. The van der Waals surface area contributed by atoms with E-state index in [1.165, 1.54) is 16.4 Å². The first-order valence-corrected chi connectivity index (χ1v) is 9.18. The number of sulfonamides is 1. The van der Waals surface area contributed by atoms with Crippen molar-refractivity contribution in [2.24, 2.45) is 5.73 Å². The highest BCUT2D eigenvalue weighted by atomic mass is 32.2. The van der Waals surface area contributed by atoms with E-state index < -0.39 is 10.0 Å². The summed E-state index contributed by atoms with van der Waals surface area (Å²) >= 11 is 0. The van der Waals surface area contributed by atoms with E-state index in [1.807, 2.05) is 36.4 Å². The molecule has 126 valence electrons. The van der Waals surface area contributed by atoms with Gasteiger partial charge in [-0.3, -0.25) is 0 Å². The van der Waals surface area contributed by atoms with Crippen LogP contribution in [-0.4, -0.2) is 32.4 Å². The van der Waals surface area contributed by atoms with Crippen molar-refractivity contribution >= 4 is 10.0 Å². The van der Waals surface area contributed by atoms with Crippen molar-refractivity contribution in [1.29, 1.82) is 5.26 Å². The summed E-state index contributed by atoms with van der Waals surface area (Å²) in [6.07, 6.45) is 0.620. The van der Waals surface area contributed by atoms with Gasteiger partial charge in [-0.25, -0.2) is 8.42 Å². The third-order valence-corrected chi connectivity index (χ3v) is 5.85. The van der Waals surface area contributed by atoms with E-state index in [0.717, 1.165) is 5.56 Å². The first-order valence-electron chi connectivity index (χ1n) is 7.74. The molecule has 0 fully saturated rings. The Bertz CT molecular complexity index is 827. The Morgan fingerprint density at radius 1 is 1.12 bits per heavy atom. The molecular formula is C18H21N3O2S.